The fraction of sp³-hybridized carbons (Fsp3) is 0.846. The van der Waals surface area contributed by atoms with E-state index in [1.54, 1.807) is 4.90 Å². The van der Waals surface area contributed by atoms with Gasteiger partial charge in [0.1, 0.15) is 6.04 Å². The summed E-state index contributed by atoms with van der Waals surface area (Å²) in [6.07, 6.45) is 4.58. The van der Waals surface area contributed by atoms with E-state index < -0.39 is 12.0 Å². The lowest BCUT2D eigenvalue weighted by molar-refractivity contribution is -0.159. The predicted octanol–water partition coefficient (Wildman–Crippen LogP) is 1.89. The van der Waals surface area contributed by atoms with Gasteiger partial charge < -0.3 is 10.0 Å². The zero-order valence-corrected chi connectivity index (χ0v) is 10.6. The van der Waals surface area contributed by atoms with Crippen LogP contribution < -0.4 is 0 Å². The zero-order chi connectivity index (χ0) is 12.6. The molecule has 0 bridgehead atoms. The summed E-state index contributed by atoms with van der Waals surface area (Å²) in [5, 5.41) is 9.35. The molecule has 17 heavy (non-hydrogen) atoms. The zero-order valence-electron chi connectivity index (χ0n) is 10.6. The Hall–Kier alpha value is -1.06. The molecule has 1 heterocycles. The highest BCUT2D eigenvalue weighted by atomic mass is 16.4. The molecule has 1 saturated heterocycles. The molecule has 0 radical (unpaired) electrons. The highest BCUT2D eigenvalue weighted by Crippen LogP contribution is 2.38. The molecular formula is C13H21NO3. The van der Waals surface area contributed by atoms with Gasteiger partial charge in [-0.2, -0.15) is 0 Å². The average Bonchev–Trinajstić information content (AvgIpc) is 2.98. The number of nitrogens with zero attached hydrogens (tertiary/aromatic N) is 1. The van der Waals surface area contributed by atoms with Crippen molar-refractivity contribution >= 4 is 11.9 Å². The largest absolute Gasteiger partial charge is 0.480 e. The van der Waals surface area contributed by atoms with Crippen molar-refractivity contribution in [1.29, 1.82) is 0 Å². The van der Waals surface area contributed by atoms with Crippen LogP contribution in [0.3, 0.4) is 0 Å². The summed E-state index contributed by atoms with van der Waals surface area (Å²) >= 11 is 0. The molecular weight excluding hydrogens is 218 g/mol. The molecule has 1 aliphatic heterocycles. The van der Waals surface area contributed by atoms with Gasteiger partial charge in [-0.1, -0.05) is 13.8 Å². The molecule has 1 unspecified atom stereocenters. The normalized spacial score (nSPS) is 27.9. The van der Waals surface area contributed by atoms with Crippen molar-refractivity contribution in [1.82, 2.24) is 4.90 Å². The van der Waals surface area contributed by atoms with Crippen molar-refractivity contribution in [3.8, 4) is 0 Å². The first kappa shape index (κ1) is 12.4. The van der Waals surface area contributed by atoms with E-state index in [1.807, 2.05) is 13.8 Å². The first-order valence-corrected chi connectivity index (χ1v) is 6.44. The molecule has 2 aliphatic rings. The summed E-state index contributed by atoms with van der Waals surface area (Å²) in [7, 11) is 0. The molecule has 1 aliphatic carbocycles. The van der Waals surface area contributed by atoms with E-state index in [-0.39, 0.29) is 11.3 Å². The summed E-state index contributed by atoms with van der Waals surface area (Å²) < 4.78 is 0. The Morgan fingerprint density at radius 2 is 2.00 bits per heavy atom. The second-order valence-corrected chi connectivity index (χ2v) is 6.07. The number of aliphatic carboxylic acids is 1. The van der Waals surface area contributed by atoms with Crippen LogP contribution in [0.5, 0.6) is 0 Å². The summed E-state index contributed by atoms with van der Waals surface area (Å²) in [5.41, 5.74) is -0.316. The van der Waals surface area contributed by atoms with Crippen LogP contribution in [0.4, 0.5) is 0 Å². The Kier molecular flexibility index (Phi) is 3.15. The van der Waals surface area contributed by atoms with Crippen LogP contribution >= 0.6 is 0 Å². The molecule has 0 aromatic carbocycles. The number of carbonyl (C=O) groups is 2. The van der Waals surface area contributed by atoms with E-state index in [0.29, 0.717) is 18.9 Å². The van der Waals surface area contributed by atoms with Gasteiger partial charge in [-0.25, -0.2) is 4.79 Å². The SMILES string of the molecule is CC1(C)CCCN(C(=O)CC2CC2)C1C(=O)O. The van der Waals surface area contributed by atoms with Gasteiger partial charge in [-0.05, 0) is 37.0 Å². The Morgan fingerprint density at radius 1 is 1.35 bits per heavy atom. The van der Waals surface area contributed by atoms with E-state index >= 15 is 0 Å². The van der Waals surface area contributed by atoms with Gasteiger partial charge in [0, 0.05) is 13.0 Å². The van der Waals surface area contributed by atoms with Crippen LogP contribution in [-0.2, 0) is 9.59 Å². The highest BCUT2D eigenvalue weighted by molar-refractivity contribution is 5.84. The average molecular weight is 239 g/mol. The number of rotatable bonds is 3. The van der Waals surface area contributed by atoms with Gasteiger partial charge in [0.05, 0.1) is 0 Å². The maximum absolute atomic E-state index is 12.1. The molecule has 1 N–H and O–H groups in total. The van der Waals surface area contributed by atoms with Gasteiger partial charge in [-0.15, -0.1) is 0 Å². The maximum Gasteiger partial charge on any atom is 0.326 e. The molecule has 4 heteroatoms. The summed E-state index contributed by atoms with van der Waals surface area (Å²) in [6.45, 7) is 4.50. The predicted molar refractivity (Wildman–Crippen MR) is 63.5 cm³/mol. The Morgan fingerprint density at radius 3 is 2.53 bits per heavy atom. The van der Waals surface area contributed by atoms with E-state index in [9.17, 15) is 14.7 Å². The number of carbonyl (C=O) groups excluding carboxylic acids is 1. The van der Waals surface area contributed by atoms with Crippen LogP contribution in [0.1, 0.15) is 46.0 Å². The standard InChI is InChI=1S/C13H21NO3/c1-13(2)6-3-7-14(11(13)12(16)17)10(15)8-9-4-5-9/h9,11H,3-8H2,1-2H3,(H,16,17). The molecule has 2 fully saturated rings. The molecule has 0 spiro atoms. The first-order chi connectivity index (χ1) is 7.92. The monoisotopic (exact) mass is 239 g/mol. The van der Waals surface area contributed by atoms with Crippen molar-refractivity contribution in [2.75, 3.05) is 6.54 Å². The maximum atomic E-state index is 12.1. The number of likely N-dealkylation sites (tertiary alicyclic amines) is 1. The van der Waals surface area contributed by atoms with Crippen LogP contribution in [0, 0.1) is 11.3 Å². The minimum absolute atomic E-state index is 0.0349. The number of piperidine rings is 1. The lowest BCUT2D eigenvalue weighted by atomic mass is 9.76. The van der Waals surface area contributed by atoms with Crippen LogP contribution in [-0.4, -0.2) is 34.5 Å². The minimum atomic E-state index is -0.862. The van der Waals surface area contributed by atoms with E-state index in [1.165, 1.54) is 0 Å². The number of amides is 1. The van der Waals surface area contributed by atoms with Crippen LogP contribution in [0.15, 0.2) is 0 Å². The fourth-order valence-corrected chi connectivity index (χ4v) is 2.82. The van der Waals surface area contributed by atoms with E-state index in [2.05, 4.69) is 0 Å². The topological polar surface area (TPSA) is 57.6 Å². The van der Waals surface area contributed by atoms with Gasteiger partial charge >= 0.3 is 5.97 Å². The van der Waals surface area contributed by atoms with Crippen molar-refractivity contribution < 1.29 is 14.7 Å². The van der Waals surface area contributed by atoms with Gasteiger partial charge in [0.25, 0.3) is 0 Å². The molecule has 0 aromatic rings. The lowest BCUT2D eigenvalue weighted by Crippen LogP contribution is -2.56. The fourth-order valence-electron chi connectivity index (χ4n) is 2.82. The van der Waals surface area contributed by atoms with E-state index in [0.717, 1.165) is 25.7 Å². The summed E-state index contributed by atoms with van der Waals surface area (Å²) in [6, 6.07) is -0.650. The number of hydrogen-bond acceptors (Lipinski definition) is 2. The van der Waals surface area contributed by atoms with Gasteiger partial charge in [0.2, 0.25) is 5.91 Å². The van der Waals surface area contributed by atoms with Gasteiger partial charge in [0.15, 0.2) is 0 Å². The second kappa shape index (κ2) is 4.31. The molecule has 1 atom stereocenters. The lowest BCUT2D eigenvalue weighted by Gasteiger charge is -2.44. The molecule has 0 aromatic heterocycles. The van der Waals surface area contributed by atoms with Crippen molar-refractivity contribution in [2.45, 2.75) is 52.0 Å². The third-order valence-electron chi connectivity index (χ3n) is 3.99. The minimum Gasteiger partial charge on any atom is -0.480 e. The quantitative estimate of drug-likeness (QED) is 0.818. The Balaban J connectivity index is 2.11. The van der Waals surface area contributed by atoms with Crippen molar-refractivity contribution in [3.05, 3.63) is 0 Å². The first-order valence-electron chi connectivity index (χ1n) is 6.44. The highest BCUT2D eigenvalue weighted by Gasteiger charge is 2.45. The molecule has 1 saturated carbocycles. The van der Waals surface area contributed by atoms with Crippen LogP contribution in [0.25, 0.3) is 0 Å². The summed E-state index contributed by atoms with van der Waals surface area (Å²) in [4.78, 5) is 25.1. The Labute approximate surface area is 102 Å². The smallest absolute Gasteiger partial charge is 0.326 e. The molecule has 1 amide bonds. The number of hydrogen-bond donors (Lipinski definition) is 1. The van der Waals surface area contributed by atoms with Crippen LogP contribution in [0.2, 0.25) is 0 Å². The summed E-state index contributed by atoms with van der Waals surface area (Å²) in [5.74, 6) is -0.312. The second-order valence-electron chi connectivity index (χ2n) is 6.07. The molecule has 96 valence electrons. The van der Waals surface area contributed by atoms with Gasteiger partial charge in [-0.3, -0.25) is 4.79 Å². The number of carboxylic acids is 1. The third-order valence-corrected chi connectivity index (χ3v) is 3.99. The number of carboxylic acid groups (broad SMARTS) is 1. The van der Waals surface area contributed by atoms with Crippen molar-refractivity contribution in [3.63, 3.8) is 0 Å². The van der Waals surface area contributed by atoms with E-state index in [4.69, 9.17) is 0 Å². The third kappa shape index (κ3) is 2.61. The molecule has 4 nitrogen and oxygen atoms in total. The molecule has 2 rings (SSSR count). The van der Waals surface area contributed by atoms with Crippen molar-refractivity contribution in [2.24, 2.45) is 11.3 Å². The Bertz CT molecular complexity index is 334.